The van der Waals surface area contributed by atoms with Gasteiger partial charge in [-0.1, -0.05) is 55.3 Å². The van der Waals surface area contributed by atoms with Crippen molar-refractivity contribution in [1.29, 1.82) is 0 Å². The molecular weight excluding hydrogens is 450 g/mol. The molecule has 1 aromatic heterocycles. The van der Waals surface area contributed by atoms with Crippen LogP contribution >= 0.6 is 0 Å². The molecule has 7 rings (SSSR count). The number of piperidine rings is 1. The highest BCUT2D eigenvalue weighted by atomic mass is 16.5. The summed E-state index contributed by atoms with van der Waals surface area (Å²) in [5.74, 6) is 1.13. The number of fused-ring (bicyclic) bond motifs is 4. The fraction of sp³-hybridized carbons (Fsp3) is 0.367. The van der Waals surface area contributed by atoms with Gasteiger partial charge in [0.25, 0.3) is 0 Å². The summed E-state index contributed by atoms with van der Waals surface area (Å²) >= 11 is 0. The van der Waals surface area contributed by atoms with E-state index in [0.29, 0.717) is 25.5 Å². The quantitative estimate of drug-likeness (QED) is 0.360. The first-order valence-electron chi connectivity index (χ1n) is 13.0. The van der Waals surface area contributed by atoms with Crippen LogP contribution in [0.2, 0.25) is 0 Å². The lowest BCUT2D eigenvalue weighted by atomic mass is 9.52. The van der Waals surface area contributed by atoms with E-state index < -0.39 is 6.09 Å². The van der Waals surface area contributed by atoms with Gasteiger partial charge in [0.15, 0.2) is 0 Å². The van der Waals surface area contributed by atoms with Crippen LogP contribution in [0.3, 0.4) is 0 Å². The van der Waals surface area contributed by atoms with Crippen LogP contribution in [-0.2, 0) is 18.4 Å². The van der Waals surface area contributed by atoms with Crippen LogP contribution in [0, 0.1) is 5.92 Å². The van der Waals surface area contributed by atoms with Crippen LogP contribution in [0.15, 0.2) is 60.7 Å². The van der Waals surface area contributed by atoms with Crippen molar-refractivity contribution in [3.63, 3.8) is 0 Å². The molecule has 0 spiro atoms. The summed E-state index contributed by atoms with van der Waals surface area (Å²) in [6.07, 6.45) is 5.27. The monoisotopic (exact) mass is 479 g/mol. The van der Waals surface area contributed by atoms with Crippen molar-refractivity contribution in [3.05, 3.63) is 77.4 Å². The Morgan fingerprint density at radius 2 is 1.75 bits per heavy atom. The molecule has 1 saturated carbocycles. The van der Waals surface area contributed by atoms with Gasteiger partial charge in [-0.25, -0.2) is 14.8 Å². The molecule has 2 fully saturated rings. The SMILES string of the molecule is O=C(O)N1CCC23CCCCC2C1Cc1c3cc(OCc2ccccc2)c2nc3ccccc3nc12. The highest BCUT2D eigenvalue weighted by Crippen LogP contribution is 2.57. The summed E-state index contributed by atoms with van der Waals surface area (Å²) in [5.41, 5.74) is 6.93. The van der Waals surface area contributed by atoms with Crippen molar-refractivity contribution in [2.24, 2.45) is 5.92 Å². The Kier molecular flexibility index (Phi) is 4.91. The van der Waals surface area contributed by atoms with Gasteiger partial charge in [0.1, 0.15) is 17.9 Å². The maximum absolute atomic E-state index is 12.2. The van der Waals surface area contributed by atoms with Crippen LogP contribution in [0.25, 0.3) is 22.1 Å². The van der Waals surface area contributed by atoms with E-state index in [-0.39, 0.29) is 11.5 Å². The summed E-state index contributed by atoms with van der Waals surface area (Å²) in [7, 11) is 0. The Balaban J connectivity index is 1.45. The van der Waals surface area contributed by atoms with Crippen LogP contribution in [-0.4, -0.2) is 38.7 Å². The number of rotatable bonds is 3. The maximum Gasteiger partial charge on any atom is 0.407 e. The van der Waals surface area contributed by atoms with Gasteiger partial charge in [-0.3, -0.25) is 0 Å². The average molecular weight is 480 g/mol. The number of amides is 1. The lowest BCUT2D eigenvalue weighted by Crippen LogP contribution is -2.62. The Bertz CT molecular complexity index is 1490. The molecule has 1 saturated heterocycles. The van der Waals surface area contributed by atoms with Crippen molar-refractivity contribution in [2.75, 3.05) is 6.54 Å². The number of likely N-dealkylation sites (tertiary alicyclic amines) is 1. The summed E-state index contributed by atoms with van der Waals surface area (Å²) in [6, 6.07) is 20.4. The summed E-state index contributed by atoms with van der Waals surface area (Å²) in [5, 5.41) is 10.0. The molecule has 36 heavy (non-hydrogen) atoms. The molecule has 3 aliphatic rings. The van der Waals surface area contributed by atoms with Crippen LogP contribution in [0.4, 0.5) is 4.79 Å². The van der Waals surface area contributed by atoms with Crippen molar-refractivity contribution in [3.8, 4) is 5.75 Å². The van der Waals surface area contributed by atoms with Gasteiger partial charge in [0.2, 0.25) is 0 Å². The largest absolute Gasteiger partial charge is 0.487 e. The number of para-hydroxylation sites is 2. The van der Waals surface area contributed by atoms with Crippen molar-refractivity contribution in [1.82, 2.24) is 14.9 Å². The van der Waals surface area contributed by atoms with E-state index in [1.165, 1.54) is 24.0 Å². The van der Waals surface area contributed by atoms with Gasteiger partial charge >= 0.3 is 6.09 Å². The van der Waals surface area contributed by atoms with Gasteiger partial charge in [0.05, 0.1) is 16.6 Å². The number of nitrogens with zero attached hydrogens (tertiary/aromatic N) is 3. The first-order valence-corrected chi connectivity index (χ1v) is 13.0. The first kappa shape index (κ1) is 21.6. The number of hydrogen-bond donors (Lipinski definition) is 1. The zero-order valence-electron chi connectivity index (χ0n) is 20.2. The minimum atomic E-state index is -0.800. The molecule has 6 heteroatoms. The molecule has 4 aromatic rings. The van der Waals surface area contributed by atoms with Gasteiger partial charge < -0.3 is 14.7 Å². The fourth-order valence-electron chi connectivity index (χ4n) is 7.30. The molecule has 6 nitrogen and oxygen atoms in total. The summed E-state index contributed by atoms with van der Waals surface area (Å²) in [4.78, 5) is 24.1. The van der Waals surface area contributed by atoms with E-state index in [4.69, 9.17) is 14.7 Å². The van der Waals surface area contributed by atoms with E-state index in [0.717, 1.165) is 52.6 Å². The third kappa shape index (κ3) is 3.20. The Morgan fingerprint density at radius 1 is 1.00 bits per heavy atom. The maximum atomic E-state index is 12.2. The molecule has 2 aliphatic carbocycles. The molecule has 0 radical (unpaired) electrons. The molecule has 2 heterocycles. The van der Waals surface area contributed by atoms with Gasteiger partial charge in [-0.2, -0.15) is 0 Å². The standard InChI is InChI=1S/C30H29N3O3/c34-29(35)33-15-14-30-13-7-6-10-21(30)25(33)16-20-22(30)17-26(36-18-19-8-2-1-3-9-19)28-27(20)31-23-11-4-5-12-24(23)32-28/h1-5,8-9,11-12,17,21,25H,6-7,10,13-16,18H2,(H,34,35). The molecular formula is C30H29N3O3. The van der Waals surface area contributed by atoms with Crippen LogP contribution in [0.5, 0.6) is 5.75 Å². The van der Waals surface area contributed by atoms with Gasteiger partial charge in [0, 0.05) is 18.0 Å². The molecule has 3 unspecified atom stereocenters. The van der Waals surface area contributed by atoms with E-state index in [9.17, 15) is 9.90 Å². The van der Waals surface area contributed by atoms with E-state index >= 15 is 0 Å². The molecule has 1 aliphatic heterocycles. The Hall–Kier alpha value is -3.67. The number of carboxylic acid groups (broad SMARTS) is 1. The smallest absolute Gasteiger partial charge is 0.407 e. The van der Waals surface area contributed by atoms with Crippen LogP contribution in [0.1, 0.15) is 48.8 Å². The number of benzene rings is 3. The number of ether oxygens (including phenoxy) is 1. The zero-order valence-corrected chi connectivity index (χ0v) is 20.2. The minimum absolute atomic E-state index is 0.00314. The molecule has 3 atom stereocenters. The number of aromatic nitrogens is 2. The van der Waals surface area contributed by atoms with Crippen LogP contribution < -0.4 is 4.74 Å². The zero-order chi connectivity index (χ0) is 24.3. The van der Waals surface area contributed by atoms with Crippen molar-refractivity contribution >= 4 is 28.2 Å². The Labute approximate surface area is 209 Å². The highest BCUT2D eigenvalue weighted by Gasteiger charge is 2.55. The summed E-state index contributed by atoms with van der Waals surface area (Å²) in [6.45, 7) is 1.06. The van der Waals surface area contributed by atoms with Crippen molar-refractivity contribution in [2.45, 2.75) is 56.6 Å². The number of hydrogen-bond acceptors (Lipinski definition) is 4. The topological polar surface area (TPSA) is 75.5 Å². The van der Waals surface area contributed by atoms with E-state index in [1.54, 1.807) is 4.90 Å². The van der Waals surface area contributed by atoms with E-state index in [2.05, 4.69) is 18.2 Å². The second-order valence-electron chi connectivity index (χ2n) is 10.6. The normalized spacial score (nSPS) is 24.8. The predicted octanol–water partition coefficient (Wildman–Crippen LogP) is 6.10. The second-order valence-corrected chi connectivity index (χ2v) is 10.6. The third-order valence-corrected chi connectivity index (χ3v) is 8.88. The Morgan fingerprint density at radius 3 is 2.53 bits per heavy atom. The summed E-state index contributed by atoms with van der Waals surface area (Å²) < 4.78 is 6.49. The second kappa shape index (κ2) is 8.19. The van der Waals surface area contributed by atoms with E-state index in [1.807, 2.05) is 42.5 Å². The van der Waals surface area contributed by atoms with Gasteiger partial charge in [-0.15, -0.1) is 0 Å². The van der Waals surface area contributed by atoms with Crippen molar-refractivity contribution < 1.29 is 14.6 Å². The molecule has 1 amide bonds. The lowest BCUT2D eigenvalue weighted by Gasteiger charge is -2.58. The fourth-order valence-corrected chi connectivity index (χ4v) is 7.30. The lowest BCUT2D eigenvalue weighted by molar-refractivity contribution is -0.00257. The van der Waals surface area contributed by atoms with Gasteiger partial charge in [-0.05, 0) is 66.5 Å². The number of carbonyl (C=O) groups is 1. The molecule has 182 valence electrons. The average Bonchev–Trinajstić information content (AvgIpc) is 2.91. The predicted molar refractivity (Wildman–Crippen MR) is 138 cm³/mol. The minimum Gasteiger partial charge on any atom is -0.487 e. The first-order chi connectivity index (χ1) is 17.6. The molecule has 3 aromatic carbocycles. The molecule has 2 bridgehead atoms. The molecule has 1 N–H and O–H groups in total. The third-order valence-electron chi connectivity index (χ3n) is 8.88. The highest BCUT2D eigenvalue weighted by molar-refractivity contribution is 5.93.